The summed E-state index contributed by atoms with van der Waals surface area (Å²) in [5, 5.41) is 15.1. The van der Waals surface area contributed by atoms with Crippen LogP contribution < -0.4 is 15.5 Å². The van der Waals surface area contributed by atoms with E-state index in [0.29, 0.717) is 16.4 Å². The third-order valence-electron chi connectivity index (χ3n) is 5.19. The van der Waals surface area contributed by atoms with Crippen molar-refractivity contribution in [3.63, 3.8) is 0 Å². The number of aryl methyl sites for hydroxylation is 1. The fourth-order valence-electron chi connectivity index (χ4n) is 3.54. The highest BCUT2D eigenvalue weighted by atomic mass is 35.5. The molecule has 30 heavy (non-hydrogen) atoms. The highest BCUT2D eigenvalue weighted by Crippen LogP contribution is 2.24. The minimum Gasteiger partial charge on any atom is -0.355 e. The fraction of sp³-hybridized carbons (Fsp3) is 0.261. The molecular weight excluding hydrogens is 398 g/mol. The zero-order chi connectivity index (χ0) is 20.9. The van der Waals surface area contributed by atoms with Crippen molar-refractivity contribution >= 4 is 34.8 Å². The van der Waals surface area contributed by atoms with Gasteiger partial charge in [-0.05, 0) is 68.1 Å². The Labute approximate surface area is 181 Å². The molecule has 1 aromatic heterocycles. The number of carbonyl (C=O) groups is 1. The number of benzene rings is 2. The smallest absolute Gasteiger partial charge is 0.323 e. The summed E-state index contributed by atoms with van der Waals surface area (Å²) in [6.45, 7) is 3.99. The van der Waals surface area contributed by atoms with Gasteiger partial charge in [-0.3, -0.25) is 0 Å². The average Bonchev–Trinajstić information content (AvgIpc) is 2.77. The predicted octanol–water partition coefficient (Wildman–Crippen LogP) is 5.74. The normalized spacial score (nSPS) is 13.7. The van der Waals surface area contributed by atoms with Gasteiger partial charge in [0.15, 0.2) is 5.82 Å². The quantitative estimate of drug-likeness (QED) is 0.563. The zero-order valence-corrected chi connectivity index (χ0v) is 17.6. The number of anilines is 3. The van der Waals surface area contributed by atoms with Gasteiger partial charge in [0.1, 0.15) is 0 Å². The second kappa shape index (κ2) is 9.13. The molecule has 1 saturated heterocycles. The van der Waals surface area contributed by atoms with Crippen molar-refractivity contribution in [3.05, 3.63) is 65.2 Å². The summed E-state index contributed by atoms with van der Waals surface area (Å²) in [5.74, 6) is 0.920. The Morgan fingerprint density at radius 2 is 1.80 bits per heavy atom. The van der Waals surface area contributed by atoms with Crippen LogP contribution in [-0.4, -0.2) is 29.3 Å². The number of nitrogens with one attached hydrogen (secondary N) is 2. The van der Waals surface area contributed by atoms with Gasteiger partial charge in [-0.15, -0.1) is 10.2 Å². The summed E-state index contributed by atoms with van der Waals surface area (Å²) in [5.41, 5.74) is 3.95. The molecule has 2 aromatic carbocycles. The lowest BCUT2D eigenvalue weighted by Gasteiger charge is -2.27. The Balaban J connectivity index is 1.44. The Morgan fingerprint density at radius 3 is 2.57 bits per heavy atom. The number of halogens is 1. The maximum atomic E-state index is 12.4. The summed E-state index contributed by atoms with van der Waals surface area (Å²) in [4.78, 5) is 14.7. The molecule has 0 aliphatic carbocycles. The Kier molecular flexibility index (Phi) is 6.14. The van der Waals surface area contributed by atoms with Crippen molar-refractivity contribution in [2.45, 2.75) is 26.2 Å². The van der Waals surface area contributed by atoms with Crippen LogP contribution >= 0.6 is 11.6 Å². The number of rotatable bonds is 4. The Morgan fingerprint density at radius 1 is 0.967 bits per heavy atom. The molecule has 2 amide bonds. The molecule has 1 fully saturated rings. The molecule has 154 valence electrons. The number of amides is 2. The van der Waals surface area contributed by atoms with Crippen molar-refractivity contribution in [1.29, 1.82) is 0 Å². The lowest BCUT2D eigenvalue weighted by atomic mass is 10.1. The molecule has 0 saturated carbocycles. The van der Waals surface area contributed by atoms with E-state index >= 15 is 0 Å². The maximum absolute atomic E-state index is 12.4. The van der Waals surface area contributed by atoms with Crippen LogP contribution in [0.2, 0.25) is 5.02 Å². The number of aromatic nitrogens is 2. The summed E-state index contributed by atoms with van der Waals surface area (Å²) in [6, 6.07) is 16.6. The van der Waals surface area contributed by atoms with Crippen molar-refractivity contribution in [3.8, 4) is 11.3 Å². The Bertz CT molecular complexity index is 1030. The number of hydrogen-bond acceptors (Lipinski definition) is 4. The molecule has 1 aliphatic rings. The number of carbonyl (C=O) groups excluding carboxylic acids is 1. The van der Waals surface area contributed by atoms with E-state index in [1.54, 1.807) is 12.1 Å². The zero-order valence-electron chi connectivity index (χ0n) is 16.9. The van der Waals surface area contributed by atoms with Crippen LogP contribution in [0, 0.1) is 6.92 Å². The fourth-order valence-corrected chi connectivity index (χ4v) is 3.71. The van der Waals surface area contributed by atoms with E-state index in [1.807, 2.05) is 49.4 Å². The van der Waals surface area contributed by atoms with Gasteiger partial charge < -0.3 is 15.5 Å². The van der Waals surface area contributed by atoms with E-state index in [-0.39, 0.29) is 6.03 Å². The molecule has 4 rings (SSSR count). The highest BCUT2D eigenvalue weighted by molar-refractivity contribution is 6.31. The molecule has 2 N–H and O–H groups in total. The van der Waals surface area contributed by atoms with Crippen LogP contribution in [0.3, 0.4) is 0 Å². The first kappa shape index (κ1) is 20.2. The summed E-state index contributed by atoms with van der Waals surface area (Å²) >= 11 is 6.02. The van der Waals surface area contributed by atoms with E-state index in [0.717, 1.165) is 35.7 Å². The molecule has 0 atom stereocenters. The number of urea groups is 1. The second-order valence-electron chi connectivity index (χ2n) is 7.44. The first-order chi connectivity index (χ1) is 14.6. The van der Waals surface area contributed by atoms with E-state index < -0.39 is 0 Å². The van der Waals surface area contributed by atoms with Crippen LogP contribution in [0.15, 0.2) is 54.6 Å². The molecule has 6 nitrogen and oxygen atoms in total. The average molecular weight is 422 g/mol. The van der Waals surface area contributed by atoms with E-state index in [4.69, 9.17) is 11.6 Å². The van der Waals surface area contributed by atoms with Crippen LogP contribution in [-0.2, 0) is 0 Å². The first-order valence-corrected chi connectivity index (χ1v) is 10.5. The van der Waals surface area contributed by atoms with Gasteiger partial charge in [0, 0.05) is 35.1 Å². The largest absolute Gasteiger partial charge is 0.355 e. The lowest BCUT2D eigenvalue weighted by molar-refractivity contribution is 0.262. The molecular formula is C23H24ClN5O. The van der Waals surface area contributed by atoms with Gasteiger partial charge in [0.2, 0.25) is 0 Å². The van der Waals surface area contributed by atoms with Crippen molar-refractivity contribution in [2.24, 2.45) is 0 Å². The molecule has 3 aromatic rings. The third kappa shape index (κ3) is 4.89. The van der Waals surface area contributed by atoms with E-state index in [1.165, 1.54) is 19.3 Å². The van der Waals surface area contributed by atoms with Crippen LogP contribution in [0.25, 0.3) is 11.3 Å². The number of nitrogens with zero attached hydrogens (tertiary/aromatic N) is 3. The maximum Gasteiger partial charge on any atom is 0.323 e. The van der Waals surface area contributed by atoms with Crippen molar-refractivity contribution in [1.82, 2.24) is 10.2 Å². The van der Waals surface area contributed by atoms with Gasteiger partial charge in [0.05, 0.1) is 5.69 Å². The predicted molar refractivity (Wildman–Crippen MR) is 122 cm³/mol. The van der Waals surface area contributed by atoms with Crippen LogP contribution in [0.4, 0.5) is 22.0 Å². The highest BCUT2D eigenvalue weighted by Gasteiger charge is 2.13. The summed E-state index contributed by atoms with van der Waals surface area (Å²) < 4.78 is 0. The molecule has 2 heterocycles. The molecule has 1 aliphatic heterocycles. The van der Waals surface area contributed by atoms with Crippen LogP contribution in [0.5, 0.6) is 0 Å². The second-order valence-corrected chi connectivity index (χ2v) is 7.88. The Hall–Kier alpha value is -3.12. The van der Waals surface area contributed by atoms with Gasteiger partial charge in [0.25, 0.3) is 0 Å². The minimum atomic E-state index is -0.330. The molecule has 0 bridgehead atoms. The topological polar surface area (TPSA) is 70.2 Å². The van der Waals surface area contributed by atoms with E-state index in [9.17, 15) is 4.79 Å². The van der Waals surface area contributed by atoms with E-state index in [2.05, 4.69) is 25.7 Å². The van der Waals surface area contributed by atoms with Gasteiger partial charge in [-0.25, -0.2) is 4.79 Å². The van der Waals surface area contributed by atoms with Gasteiger partial charge >= 0.3 is 6.03 Å². The van der Waals surface area contributed by atoms with Gasteiger partial charge in [-0.1, -0.05) is 29.8 Å². The first-order valence-electron chi connectivity index (χ1n) is 10.1. The van der Waals surface area contributed by atoms with Crippen LogP contribution in [0.1, 0.15) is 24.8 Å². The molecule has 7 heteroatoms. The van der Waals surface area contributed by atoms with Crippen molar-refractivity contribution < 1.29 is 4.79 Å². The SMILES string of the molecule is Cc1ccc(Cl)cc1NC(=O)Nc1cccc(-c2ccc(N3CCCCC3)nn2)c1. The number of piperidine rings is 1. The summed E-state index contributed by atoms with van der Waals surface area (Å²) in [6.07, 6.45) is 3.69. The van der Waals surface area contributed by atoms with Gasteiger partial charge in [-0.2, -0.15) is 0 Å². The molecule has 0 spiro atoms. The monoisotopic (exact) mass is 421 g/mol. The number of hydrogen-bond donors (Lipinski definition) is 2. The standard InChI is InChI=1S/C23H24ClN5O/c1-16-8-9-18(24)15-21(16)26-23(30)25-19-7-5-6-17(14-19)20-10-11-22(28-27-20)29-12-3-2-4-13-29/h5-11,14-15H,2-4,12-13H2,1H3,(H2,25,26,30). The van der Waals surface area contributed by atoms with Crippen molar-refractivity contribution in [2.75, 3.05) is 28.6 Å². The lowest BCUT2D eigenvalue weighted by Crippen LogP contribution is -2.30. The third-order valence-corrected chi connectivity index (χ3v) is 5.43. The molecule has 0 radical (unpaired) electrons. The molecule has 0 unspecified atom stereocenters. The minimum absolute atomic E-state index is 0.330. The summed E-state index contributed by atoms with van der Waals surface area (Å²) in [7, 11) is 0.